The quantitative estimate of drug-likeness (QED) is 0.852. The number of hydrogen-bond donors (Lipinski definition) is 1. The van der Waals surface area contributed by atoms with Crippen LogP contribution in [0.4, 0.5) is 10.3 Å². The summed E-state index contributed by atoms with van der Waals surface area (Å²) in [6, 6.07) is 5.83. The second kappa shape index (κ2) is 4.96. The van der Waals surface area contributed by atoms with E-state index in [2.05, 4.69) is 15.1 Å². The van der Waals surface area contributed by atoms with Crippen LogP contribution in [-0.2, 0) is 6.42 Å². The van der Waals surface area contributed by atoms with Crippen LogP contribution >= 0.6 is 0 Å². The number of anilines is 1. The summed E-state index contributed by atoms with van der Waals surface area (Å²) in [4.78, 5) is 19.2. The lowest BCUT2D eigenvalue weighted by Crippen LogP contribution is -2.19. The number of nitroso groups, excluding NO2 is 1. The fourth-order valence-electron chi connectivity index (χ4n) is 2.69. The first-order valence-corrected chi connectivity index (χ1v) is 6.36. The Bertz CT molecular complexity index is 644. The molecule has 0 bridgehead atoms. The van der Waals surface area contributed by atoms with Gasteiger partial charge in [-0.15, -0.1) is 0 Å². The molecule has 102 valence electrons. The van der Waals surface area contributed by atoms with E-state index in [9.17, 15) is 9.30 Å². The van der Waals surface area contributed by atoms with Crippen molar-refractivity contribution in [3.63, 3.8) is 0 Å². The summed E-state index contributed by atoms with van der Waals surface area (Å²) < 4.78 is 13.0. The van der Waals surface area contributed by atoms with E-state index < -0.39 is 6.04 Å². The second-order valence-corrected chi connectivity index (χ2v) is 4.94. The Hall–Kier alpha value is -2.37. The number of nitrogen functional groups attached to an aromatic ring is 1. The van der Waals surface area contributed by atoms with Crippen molar-refractivity contribution in [1.29, 1.82) is 0 Å². The van der Waals surface area contributed by atoms with Crippen molar-refractivity contribution in [1.82, 2.24) is 9.97 Å². The molecular weight excluding hydrogens is 259 g/mol. The van der Waals surface area contributed by atoms with Crippen LogP contribution in [0.2, 0.25) is 0 Å². The van der Waals surface area contributed by atoms with Gasteiger partial charge in [0.05, 0.1) is 5.69 Å². The molecule has 6 heteroatoms. The third kappa shape index (κ3) is 2.24. The topological polar surface area (TPSA) is 81.2 Å². The maximum Gasteiger partial charge on any atom is 0.220 e. The van der Waals surface area contributed by atoms with E-state index in [-0.39, 0.29) is 17.7 Å². The zero-order valence-electron chi connectivity index (χ0n) is 10.7. The van der Waals surface area contributed by atoms with E-state index in [0.717, 1.165) is 16.8 Å². The largest absolute Gasteiger partial charge is 0.368 e. The number of nitrogens with two attached hydrogens (primary N) is 1. The van der Waals surface area contributed by atoms with Gasteiger partial charge in [0.2, 0.25) is 5.95 Å². The highest BCUT2D eigenvalue weighted by Crippen LogP contribution is 2.39. The molecule has 2 unspecified atom stereocenters. The van der Waals surface area contributed by atoms with E-state index in [1.807, 2.05) is 0 Å². The molecule has 0 fully saturated rings. The summed E-state index contributed by atoms with van der Waals surface area (Å²) in [6.45, 7) is 0. The van der Waals surface area contributed by atoms with Crippen molar-refractivity contribution in [3.05, 3.63) is 58.0 Å². The molecule has 0 amide bonds. The third-order valence-electron chi connectivity index (χ3n) is 3.69. The summed E-state index contributed by atoms with van der Waals surface area (Å²) in [7, 11) is 0. The Morgan fingerprint density at radius 1 is 1.30 bits per heavy atom. The van der Waals surface area contributed by atoms with Gasteiger partial charge in [0, 0.05) is 11.8 Å². The van der Waals surface area contributed by atoms with Crippen LogP contribution in [0, 0.1) is 10.7 Å². The number of nitrogens with zero attached hydrogens (tertiary/aromatic N) is 3. The molecule has 1 aliphatic rings. The van der Waals surface area contributed by atoms with E-state index in [4.69, 9.17) is 5.73 Å². The van der Waals surface area contributed by atoms with Crippen LogP contribution in [-0.4, -0.2) is 9.97 Å². The van der Waals surface area contributed by atoms with Gasteiger partial charge in [0.25, 0.3) is 0 Å². The van der Waals surface area contributed by atoms with Crippen LogP contribution in [0.15, 0.2) is 35.6 Å². The van der Waals surface area contributed by atoms with Crippen molar-refractivity contribution >= 4 is 5.95 Å². The van der Waals surface area contributed by atoms with E-state index >= 15 is 0 Å². The smallest absolute Gasteiger partial charge is 0.220 e. The van der Waals surface area contributed by atoms with E-state index in [0.29, 0.717) is 12.8 Å². The van der Waals surface area contributed by atoms with Gasteiger partial charge in [-0.3, -0.25) is 0 Å². The highest BCUT2D eigenvalue weighted by atomic mass is 19.1. The molecule has 2 N–H and O–H groups in total. The zero-order chi connectivity index (χ0) is 14.1. The SMILES string of the molecule is Nc1ncc2c(n1)CC(c1ccc(F)cc1)CC2N=O. The predicted octanol–water partition coefficient (Wildman–Crippen LogP) is 2.74. The summed E-state index contributed by atoms with van der Waals surface area (Å²) in [5, 5.41) is 3.17. The summed E-state index contributed by atoms with van der Waals surface area (Å²) >= 11 is 0. The second-order valence-electron chi connectivity index (χ2n) is 4.94. The normalized spacial score (nSPS) is 21.2. The minimum Gasteiger partial charge on any atom is -0.368 e. The van der Waals surface area contributed by atoms with Gasteiger partial charge < -0.3 is 5.73 Å². The Morgan fingerprint density at radius 3 is 2.75 bits per heavy atom. The molecule has 0 saturated carbocycles. The maximum absolute atomic E-state index is 13.0. The fourth-order valence-corrected chi connectivity index (χ4v) is 2.69. The Kier molecular flexibility index (Phi) is 3.14. The first-order valence-electron chi connectivity index (χ1n) is 6.36. The molecule has 1 heterocycles. The molecular formula is C14H13FN4O. The monoisotopic (exact) mass is 272 g/mol. The fraction of sp³-hybridized carbons (Fsp3) is 0.286. The van der Waals surface area contributed by atoms with Crippen molar-refractivity contribution < 1.29 is 4.39 Å². The molecule has 0 radical (unpaired) electrons. The van der Waals surface area contributed by atoms with Crippen molar-refractivity contribution in [2.75, 3.05) is 5.73 Å². The lowest BCUT2D eigenvalue weighted by atomic mass is 9.80. The van der Waals surface area contributed by atoms with Crippen molar-refractivity contribution in [2.45, 2.75) is 24.8 Å². The number of fused-ring (bicyclic) bond motifs is 1. The lowest BCUT2D eigenvalue weighted by Gasteiger charge is -2.27. The van der Waals surface area contributed by atoms with Gasteiger partial charge in [0.15, 0.2) is 0 Å². The van der Waals surface area contributed by atoms with Crippen LogP contribution in [0.1, 0.15) is 35.2 Å². The Labute approximate surface area is 115 Å². The molecule has 20 heavy (non-hydrogen) atoms. The van der Waals surface area contributed by atoms with Crippen molar-refractivity contribution in [2.24, 2.45) is 5.18 Å². The average molecular weight is 272 g/mol. The molecule has 5 nitrogen and oxygen atoms in total. The van der Waals surface area contributed by atoms with Gasteiger partial charge >= 0.3 is 0 Å². The highest BCUT2D eigenvalue weighted by Gasteiger charge is 2.30. The number of hydrogen-bond acceptors (Lipinski definition) is 5. The molecule has 2 atom stereocenters. The summed E-state index contributed by atoms with van der Waals surface area (Å²) in [5.74, 6) is -0.00477. The van der Waals surface area contributed by atoms with Crippen LogP contribution < -0.4 is 5.73 Å². The zero-order valence-corrected chi connectivity index (χ0v) is 10.7. The lowest BCUT2D eigenvalue weighted by molar-refractivity contribution is 0.491. The number of rotatable bonds is 2. The summed E-state index contributed by atoms with van der Waals surface area (Å²) in [5.41, 5.74) is 8.06. The highest BCUT2D eigenvalue weighted by molar-refractivity contribution is 5.34. The molecule has 2 aromatic rings. The van der Waals surface area contributed by atoms with Gasteiger partial charge in [-0.1, -0.05) is 17.3 Å². The summed E-state index contributed by atoms with van der Waals surface area (Å²) in [6.07, 6.45) is 2.81. The van der Waals surface area contributed by atoms with Crippen LogP contribution in [0.5, 0.6) is 0 Å². The minimum absolute atomic E-state index is 0.0834. The Morgan fingerprint density at radius 2 is 2.05 bits per heavy atom. The molecule has 0 spiro atoms. The number of halogens is 1. The van der Waals surface area contributed by atoms with Gasteiger partial charge in [-0.05, 0) is 36.5 Å². The van der Waals surface area contributed by atoms with E-state index in [1.54, 1.807) is 18.3 Å². The predicted molar refractivity (Wildman–Crippen MR) is 72.4 cm³/mol. The number of benzene rings is 1. The first-order chi connectivity index (χ1) is 9.67. The van der Waals surface area contributed by atoms with Gasteiger partial charge in [-0.25, -0.2) is 14.4 Å². The van der Waals surface area contributed by atoms with Crippen LogP contribution in [0.3, 0.4) is 0 Å². The molecule has 3 rings (SSSR count). The van der Waals surface area contributed by atoms with Gasteiger partial charge in [0.1, 0.15) is 11.9 Å². The maximum atomic E-state index is 13.0. The molecule has 1 aliphatic carbocycles. The van der Waals surface area contributed by atoms with Gasteiger partial charge in [-0.2, -0.15) is 4.91 Å². The third-order valence-corrected chi connectivity index (χ3v) is 3.69. The Balaban J connectivity index is 1.97. The molecule has 1 aromatic carbocycles. The number of aromatic nitrogens is 2. The van der Waals surface area contributed by atoms with Crippen LogP contribution in [0.25, 0.3) is 0 Å². The standard InChI is InChI=1S/C14H13FN4O/c15-10-3-1-8(2-4-10)9-5-12-11(13(6-9)19-20)7-17-14(16)18-12/h1-4,7,9,13H,5-6H2,(H2,16,17,18). The average Bonchev–Trinajstić information content (AvgIpc) is 2.46. The first kappa shape index (κ1) is 12.7. The minimum atomic E-state index is -0.477. The molecule has 0 aliphatic heterocycles. The van der Waals surface area contributed by atoms with E-state index in [1.165, 1.54) is 12.1 Å². The molecule has 0 saturated heterocycles. The molecule has 1 aromatic heterocycles. The van der Waals surface area contributed by atoms with Crippen molar-refractivity contribution in [3.8, 4) is 0 Å².